The third-order valence-electron chi connectivity index (χ3n) is 6.12. The molecule has 192 valence electrons. The molecule has 0 amide bonds. The van der Waals surface area contributed by atoms with E-state index in [9.17, 15) is 28.0 Å². The van der Waals surface area contributed by atoms with E-state index in [2.05, 4.69) is 24.1 Å². The number of ketones is 1. The van der Waals surface area contributed by atoms with Gasteiger partial charge in [-0.15, -0.1) is 0 Å². The molecule has 0 saturated heterocycles. The van der Waals surface area contributed by atoms with Gasteiger partial charge in [-0.3, -0.25) is 9.28 Å². The normalized spacial score (nSPS) is 19.2. The number of allylic oxidation sites excluding steroid dienone is 2. The predicted molar refractivity (Wildman–Crippen MR) is 130 cm³/mol. The van der Waals surface area contributed by atoms with E-state index in [1.807, 2.05) is 0 Å². The third-order valence-corrected chi connectivity index (χ3v) is 6.91. The SMILES string of the molecule is CCC/C=C/CCCCCCCCCCC(=O)C1=NCC[N+]1(CCO)CC(O)CS(=O)(=O)[O-].[Na+]. The zero-order chi connectivity index (χ0) is 24.6. The number of aliphatic imine (C=N–C) groups is 1. The zero-order valence-electron chi connectivity index (χ0n) is 21.3. The van der Waals surface area contributed by atoms with Crippen LogP contribution in [-0.2, 0) is 14.9 Å². The van der Waals surface area contributed by atoms with Gasteiger partial charge >= 0.3 is 29.6 Å². The summed E-state index contributed by atoms with van der Waals surface area (Å²) in [5.74, 6) is -0.733. The monoisotopic (exact) mass is 511 g/mol. The van der Waals surface area contributed by atoms with E-state index in [1.54, 1.807) is 0 Å². The van der Waals surface area contributed by atoms with Crippen molar-refractivity contribution in [1.82, 2.24) is 0 Å². The van der Waals surface area contributed by atoms with Crippen molar-refractivity contribution in [3.8, 4) is 0 Å². The van der Waals surface area contributed by atoms with Crippen molar-refractivity contribution in [2.75, 3.05) is 38.5 Å². The topological polar surface area (TPSA) is 127 Å². The van der Waals surface area contributed by atoms with Crippen LogP contribution in [0.5, 0.6) is 0 Å². The summed E-state index contributed by atoms with van der Waals surface area (Å²) in [6.07, 6.45) is 16.0. The maximum absolute atomic E-state index is 12.8. The van der Waals surface area contributed by atoms with Crippen LogP contribution in [0.2, 0.25) is 0 Å². The van der Waals surface area contributed by atoms with Crippen molar-refractivity contribution in [2.45, 2.75) is 90.1 Å². The number of quaternary nitrogens is 1. The second-order valence-corrected chi connectivity index (χ2v) is 10.6. The molecule has 0 aromatic rings. The second kappa shape index (κ2) is 19.0. The van der Waals surface area contributed by atoms with Crippen LogP contribution in [0.4, 0.5) is 0 Å². The van der Waals surface area contributed by atoms with E-state index < -0.39 is 22.0 Å². The fraction of sp³-hybridized carbons (Fsp3) is 0.833. The minimum absolute atomic E-state index is 0. The Labute approximate surface area is 228 Å². The number of hydrogen-bond donors (Lipinski definition) is 2. The number of carbonyl (C=O) groups excluding carboxylic acids is 1. The second-order valence-electron chi connectivity index (χ2n) is 9.13. The Morgan fingerprint density at radius 1 is 1.09 bits per heavy atom. The van der Waals surface area contributed by atoms with Crippen LogP contribution < -0.4 is 29.6 Å². The molecule has 34 heavy (non-hydrogen) atoms. The standard InChI is InChI=1S/C24H44N2O6S.Na/c1-2-3-4-5-6-7-8-9-10-11-12-13-14-15-23(29)24-25-16-17-26(24,18-19-27)20-22(28)21-33(30,31)32;/h4-5,22,27-28H,2-3,6-21H2,1H3;/q;+1/b5-4+;. The zero-order valence-corrected chi connectivity index (χ0v) is 24.1. The van der Waals surface area contributed by atoms with E-state index in [4.69, 9.17) is 0 Å². The number of nitrogens with zero attached hydrogens (tertiary/aromatic N) is 2. The first-order chi connectivity index (χ1) is 15.7. The molecule has 2 N–H and O–H groups in total. The van der Waals surface area contributed by atoms with Crippen LogP contribution in [0.15, 0.2) is 17.1 Å². The molecular weight excluding hydrogens is 467 g/mol. The minimum atomic E-state index is -4.58. The van der Waals surface area contributed by atoms with Gasteiger partial charge < -0.3 is 14.8 Å². The number of Topliss-reactive ketones (excluding diaryl/α,β-unsaturated/α-hetero) is 1. The smallest absolute Gasteiger partial charge is 0.748 e. The summed E-state index contributed by atoms with van der Waals surface area (Å²) in [4.78, 5) is 17.1. The third kappa shape index (κ3) is 14.4. The Hall–Kier alpha value is -0.130. The molecule has 2 unspecified atom stereocenters. The quantitative estimate of drug-likeness (QED) is 0.0775. The van der Waals surface area contributed by atoms with Gasteiger partial charge in [0.25, 0.3) is 5.84 Å². The van der Waals surface area contributed by atoms with Crippen LogP contribution in [0.3, 0.4) is 0 Å². The Kier molecular flexibility index (Phi) is 19.0. The van der Waals surface area contributed by atoms with Crippen molar-refractivity contribution < 1.29 is 62.0 Å². The average molecular weight is 512 g/mol. The van der Waals surface area contributed by atoms with Gasteiger partial charge in [0, 0.05) is 6.42 Å². The Morgan fingerprint density at radius 2 is 1.68 bits per heavy atom. The van der Waals surface area contributed by atoms with Gasteiger partial charge in [0.05, 0.1) is 29.0 Å². The van der Waals surface area contributed by atoms with Gasteiger partial charge in [-0.05, 0) is 25.7 Å². The fourth-order valence-corrected chi connectivity index (χ4v) is 5.03. The summed E-state index contributed by atoms with van der Waals surface area (Å²) >= 11 is 0. The molecule has 10 heteroatoms. The van der Waals surface area contributed by atoms with Crippen LogP contribution in [-0.4, -0.2) is 83.9 Å². The van der Waals surface area contributed by atoms with Gasteiger partial charge in [0.15, 0.2) is 0 Å². The van der Waals surface area contributed by atoms with E-state index in [1.165, 1.54) is 51.4 Å². The summed E-state index contributed by atoms with van der Waals surface area (Å²) in [6.45, 7) is 2.81. The molecule has 0 spiro atoms. The molecule has 1 heterocycles. The molecule has 0 radical (unpaired) electrons. The maximum atomic E-state index is 12.8. The van der Waals surface area contributed by atoms with Crippen LogP contribution in [0.25, 0.3) is 0 Å². The maximum Gasteiger partial charge on any atom is 1.00 e. The first-order valence-corrected chi connectivity index (χ1v) is 14.1. The van der Waals surface area contributed by atoms with Crippen LogP contribution >= 0.6 is 0 Å². The number of aliphatic hydroxyl groups is 2. The van der Waals surface area contributed by atoms with E-state index in [0.29, 0.717) is 25.3 Å². The van der Waals surface area contributed by atoms with Crippen molar-refractivity contribution in [1.29, 1.82) is 0 Å². The number of hydrogen-bond acceptors (Lipinski definition) is 7. The van der Waals surface area contributed by atoms with Crippen molar-refractivity contribution in [3.63, 3.8) is 0 Å². The number of carbonyl (C=O) groups is 1. The molecule has 0 saturated carbocycles. The molecule has 1 aliphatic rings. The molecule has 0 aromatic carbocycles. The molecule has 8 nitrogen and oxygen atoms in total. The summed E-state index contributed by atoms with van der Waals surface area (Å²) in [6, 6.07) is 0. The van der Waals surface area contributed by atoms with Gasteiger partial charge in [-0.1, -0.05) is 64.0 Å². The van der Waals surface area contributed by atoms with E-state index in [0.717, 1.165) is 19.3 Å². The van der Waals surface area contributed by atoms with E-state index >= 15 is 0 Å². The fourth-order valence-electron chi connectivity index (χ4n) is 4.45. The first kappa shape index (κ1) is 33.9. The molecule has 1 rings (SSSR count). The summed E-state index contributed by atoms with van der Waals surface area (Å²) < 4.78 is 32.9. The summed E-state index contributed by atoms with van der Waals surface area (Å²) in [7, 11) is -4.58. The minimum Gasteiger partial charge on any atom is -0.748 e. The van der Waals surface area contributed by atoms with Crippen molar-refractivity contribution in [2.24, 2.45) is 4.99 Å². The van der Waals surface area contributed by atoms with Crippen molar-refractivity contribution >= 4 is 21.7 Å². The largest absolute Gasteiger partial charge is 1.00 e. The molecular formula is C24H44N2NaO6S+. The van der Waals surface area contributed by atoms with Crippen LogP contribution in [0, 0.1) is 0 Å². The predicted octanol–water partition coefficient (Wildman–Crippen LogP) is -0.0559. The number of unbranched alkanes of at least 4 members (excludes halogenated alkanes) is 9. The van der Waals surface area contributed by atoms with Crippen LogP contribution in [0.1, 0.15) is 84.0 Å². The van der Waals surface area contributed by atoms with Gasteiger partial charge in [0.2, 0.25) is 5.78 Å². The Morgan fingerprint density at radius 3 is 2.26 bits per heavy atom. The number of aliphatic hydroxyl groups excluding tert-OH is 2. The first-order valence-electron chi connectivity index (χ1n) is 12.6. The average Bonchev–Trinajstić information content (AvgIpc) is 3.13. The van der Waals surface area contributed by atoms with E-state index in [-0.39, 0.29) is 59.5 Å². The molecule has 0 aliphatic carbocycles. The molecule has 2 atom stereocenters. The number of rotatable bonds is 20. The molecule has 0 bridgehead atoms. The van der Waals surface area contributed by atoms with Crippen molar-refractivity contribution in [3.05, 3.63) is 12.2 Å². The van der Waals surface area contributed by atoms with Gasteiger partial charge in [-0.2, -0.15) is 0 Å². The molecule has 0 fully saturated rings. The number of amidine groups is 1. The van der Waals surface area contributed by atoms with Gasteiger partial charge in [-0.25, -0.2) is 13.4 Å². The Bertz CT molecular complexity index is 729. The molecule has 0 aromatic heterocycles. The molecule has 1 aliphatic heterocycles. The Balaban J connectivity index is 0.0000109. The van der Waals surface area contributed by atoms with Gasteiger partial charge in [0.1, 0.15) is 25.7 Å². The summed E-state index contributed by atoms with van der Waals surface area (Å²) in [5, 5.41) is 19.6. The summed E-state index contributed by atoms with van der Waals surface area (Å²) in [5.41, 5.74) is 0.